The SMILES string of the molecule is CCOc1cc(/C=C(\C#N)C(=O)O)cc(Br)c1OCc1ccccc1. The number of carboxylic acid groups (broad SMARTS) is 1. The maximum Gasteiger partial charge on any atom is 0.346 e. The Balaban J connectivity index is 2.34. The Hall–Kier alpha value is -2.78. The molecule has 0 heterocycles. The van der Waals surface area contributed by atoms with E-state index >= 15 is 0 Å². The van der Waals surface area contributed by atoms with Gasteiger partial charge in [0.15, 0.2) is 11.5 Å². The second-order valence-electron chi connectivity index (χ2n) is 5.01. The number of carbonyl (C=O) groups is 1. The highest BCUT2D eigenvalue weighted by Crippen LogP contribution is 2.38. The molecule has 1 N–H and O–H groups in total. The average molecular weight is 402 g/mol. The molecule has 128 valence electrons. The van der Waals surface area contributed by atoms with E-state index in [1.54, 1.807) is 18.2 Å². The number of nitrogens with zero attached hydrogens (tertiary/aromatic N) is 1. The Morgan fingerprint density at radius 1 is 1.28 bits per heavy atom. The van der Waals surface area contributed by atoms with Crippen molar-refractivity contribution in [1.29, 1.82) is 5.26 Å². The Labute approximate surface area is 154 Å². The summed E-state index contributed by atoms with van der Waals surface area (Å²) in [4.78, 5) is 11.0. The monoisotopic (exact) mass is 401 g/mol. The summed E-state index contributed by atoms with van der Waals surface area (Å²) >= 11 is 3.43. The van der Waals surface area contributed by atoms with Crippen LogP contribution in [0.2, 0.25) is 0 Å². The number of rotatable bonds is 7. The highest BCUT2D eigenvalue weighted by molar-refractivity contribution is 9.10. The van der Waals surface area contributed by atoms with Crippen LogP contribution >= 0.6 is 15.9 Å². The first-order valence-electron chi connectivity index (χ1n) is 7.53. The van der Waals surface area contributed by atoms with Gasteiger partial charge in [-0.1, -0.05) is 30.3 Å². The van der Waals surface area contributed by atoms with E-state index in [1.165, 1.54) is 6.08 Å². The predicted molar refractivity (Wildman–Crippen MR) is 97.3 cm³/mol. The molecule has 5 nitrogen and oxygen atoms in total. The molecule has 0 saturated carbocycles. The third-order valence-corrected chi connectivity index (χ3v) is 3.81. The van der Waals surface area contributed by atoms with Crippen LogP contribution in [0.1, 0.15) is 18.1 Å². The fourth-order valence-electron chi connectivity index (χ4n) is 2.11. The zero-order chi connectivity index (χ0) is 18.2. The normalized spacial score (nSPS) is 10.8. The number of aliphatic carboxylic acids is 1. The predicted octanol–water partition coefficient (Wildman–Crippen LogP) is 4.42. The van der Waals surface area contributed by atoms with E-state index in [2.05, 4.69) is 15.9 Å². The lowest BCUT2D eigenvalue weighted by atomic mass is 10.1. The molecule has 0 aromatic heterocycles. The quantitative estimate of drug-likeness (QED) is 0.548. The lowest BCUT2D eigenvalue weighted by Gasteiger charge is -2.15. The van der Waals surface area contributed by atoms with Gasteiger partial charge < -0.3 is 14.6 Å². The summed E-state index contributed by atoms with van der Waals surface area (Å²) in [5.74, 6) is -0.278. The van der Waals surface area contributed by atoms with Crippen molar-refractivity contribution in [1.82, 2.24) is 0 Å². The zero-order valence-corrected chi connectivity index (χ0v) is 15.1. The molecule has 0 spiro atoms. The van der Waals surface area contributed by atoms with Crippen LogP contribution in [-0.4, -0.2) is 17.7 Å². The number of carboxylic acids is 1. The number of benzene rings is 2. The van der Waals surface area contributed by atoms with Crippen molar-refractivity contribution in [2.75, 3.05) is 6.61 Å². The van der Waals surface area contributed by atoms with E-state index in [0.717, 1.165) is 5.56 Å². The van der Waals surface area contributed by atoms with Crippen molar-refractivity contribution in [3.05, 3.63) is 63.6 Å². The average Bonchev–Trinajstić information content (AvgIpc) is 2.60. The van der Waals surface area contributed by atoms with Gasteiger partial charge >= 0.3 is 5.97 Å². The molecule has 0 bridgehead atoms. The standard InChI is InChI=1S/C19H16BrNO4/c1-2-24-17-10-14(8-15(11-21)19(22)23)9-16(20)18(17)25-12-13-6-4-3-5-7-13/h3-10H,2,12H2,1H3,(H,22,23)/b15-8+. The molecule has 0 amide bonds. The van der Waals surface area contributed by atoms with Crippen LogP contribution in [0.3, 0.4) is 0 Å². The van der Waals surface area contributed by atoms with Crippen LogP contribution in [0.5, 0.6) is 11.5 Å². The van der Waals surface area contributed by atoms with Crippen molar-refractivity contribution >= 4 is 28.0 Å². The molecule has 0 radical (unpaired) electrons. The third kappa shape index (κ3) is 5.10. The Morgan fingerprint density at radius 2 is 2.00 bits per heavy atom. The van der Waals surface area contributed by atoms with Gasteiger partial charge in [-0.25, -0.2) is 4.79 Å². The molecule has 2 aromatic carbocycles. The van der Waals surface area contributed by atoms with Gasteiger partial charge in [-0.15, -0.1) is 0 Å². The molecule has 0 unspecified atom stereocenters. The van der Waals surface area contributed by atoms with E-state index in [-0.39, 0.29) is 5.57 Å². The first-order valence-corrected chi connectivity index (χ1v) is 8.32. The summed E-state index contributed by atoms with van der Waals surface area (Å²) in [5.41, 5.74) is 1.19. The van der Waals surface area contributed by atoms with Crippen molar-refractivity contribution in [3.63, 3.8) is 0 Å². The van der Waals surface area contributed by atoms with Gasteiger partial charge in [0, 0.05) is 0 Å². The molecule has 0 aliphatic rings. The maximum absolute atomic E-state index is 11.0. The van der Waals surface area contributed by atoms with E-state index in [9.17, 15) is 4.79 Å². The van der Waals surface area contributed by atoms with E-state index in [0.29, 0.717) is 34.7 Å². The van der Waals surface area contributed by atoms with Gasteiger partial charge in [0.2, 0.25) is 0 Å². The summed E-state index contributed by atoms with van der Waals surface area (Å²) < 4.78 is 12.1. The van der Waals surface area contributed by atoms with Gasteiger partial charge in [-0.05, 0) is 52.2 Å². The molecule has 0 fully saturated rings. The second-order valence-corrected chi connectivity index (χ2v) is 5.87. The molecule has 0 atom stereocenters. The summed E-state index contributed by atoms with van der Waals surface area (Å²) in [6.07, 6.45) is 1.29. The van der Waals surface area contributed by atoms with Crippen LogP contribution < -0.4 is 9.47 Å². The minimum atomic E-state index is -1.28. The molecule has 2 aromatic rings. The van der Waals surface area contributed by atoms with Gasteiger partial charge in [-0.3, -0.25) is 0 Å². The number of ether oxygens (including phenoxy) is 2. The molecular weight excluding hydrogens is 386 g/mol. The fraction of sp³-hybridized carbons (Fsp3) is 0.158. The summed E-state index contributed by atoms with van der Waals surface area (Å²) in [5, 5.41) is 17.9. The van der Waals surface area contributed by atoms with E-state index in [1.807, 2.05) is 37.3 Å². The topological polar surface area (TPSA) is 79.5 Å². The maximum atomic E-state index is 11.0. The number of halogens is 1. The first-order chi connectivity index (χ1) is 12.0. The van der Waals surface area contributed by atoms with Crippen LogP contribution in [0.15, 0.2) is 52.5 Å². The van der Waals surface area contributed by atoms with Crippen molar-refractivity contribution in [3.8, 4) is 17.6 Å². The minimum absolute atomic E-state index is 0.354. The van der Waals surface area contributed by atoms with Crippen LogP contribution in [-0.2, 0) is 11.4 Å². The molecule has 0 saturated heterocycles. The highest BCUT2D eigenvalue weighted by atomic mass is 79.9. The summed E-state index contributed by atoms with van der Waals surface area (Å²) in [6, 6.07) is 14.7. The summed E-state index contributed by atoms with van der Waals surface area (Å²) in [6.45, 7) is 2.63. The van der Waals surface area contributed by atoms with Gasteiger partial charge in [0.1, 0.15) is 18.2 Å². The van der Waals surface area contributed by atoms with Crippen LogP contribution in [0.4, 0.5) is 0 Å². The van der Waals surface area contributed by atoms with Gasteiger partial charge in [-0.2, -0.15) is 5.26 Å². The third-order valence-electron chi connectivity index (χ3n) is 3.22. The minimum Gasteiger partial charge on any atom is -0.490 e. The first kappa shape index (κ1) is 18.6. The smallest absolute Gasteiger partial charge is 0.346 e. The largest absolute Gasteiger partial charge is 0.490 e. The van der Waals surface area contributed by atoms with Crippen molar-refractivity contribution in [2.45, 2.75) is 13.5 Å². The van der Waals surface area contributed by atoms with Crippen molar-refractivity contribution in [2.24, 2.45) is 0 Å². The number of nitriles is 1. The lowest BCUT2D eigenvalue weighted by Crippen LogP contribution is -2.01. The fourth-order valence-corrected chi connectivity index (χ4v) is 2.69. The van der Waals surface area contributed by atoms with E-state index in [4.69, 9.17) is 19.8 Å². The van der Waals surface area contributed by atoms with E-state index < -0.39 is 5.97 Å². The van der Waals surface area contributed by atoms with Crippen molar-refractivity contribution < 1.29 is 19.4 Å². The van der Waals surface area contributed by atoms with Gasteiger partial charge in [0.05, 0.1) is 11.1 Å². The lowest BCUT2D eigenvalue weighted by molar-refractivity contribution is -0.132. The van der Waals surface area contributed by atoms with Crippen LogP contribution in [0, 0.1) is 11.3 Å². The molecule has 0 aliphatic heterocycles. The highest BCUT2D eigenvalue weighted by Gasteiger charge is 2.14. The Bertz CT molecular complexity index is 825. The molecule has 2 rings (SSSR count). The molecule has 0 aliphatic carbocycles. The number of hydrogen-bond donors (Lipinski definition) is 1. The zero-order valence-electron chi connectivity index (χ0n) is 13.5. The summed E-state index contributed by atoms with van der Waals surface area (Å²) in [7, 11) is 0. The molecular formula is C19H16BrNO4. The number of hydrogen-bond acceptors (Lipinski definition) is 4. The van der Waals surface area contributed by atoms with Crippen LogP contribution in [0.25, 0.3) is 6.08 Å². The van der Waals surface area contributed by atoms with Gasteiger partial charge in [0.25, 0.3) is 0 Å². The second kappa shape index (κ2) is 8.90. The molecule has 6 heteroatoms. The Kier molecular flexibility index (Phi) is 6.61. The Morgan fingerprint density at radius 3 is 2.60 bits per heavy atom. The molecule has 25 heavy (non-hydrogen) atoms.